The van der Waals surface area contributed by atoms with Crippen molar-refractivity contribution >= 4 is 29.0 Å². The number of nitrogens with zero attached hydrogens (tertiary/aromatic N) is 1. The SMILES string of the molecule is CN1C(=O)S/C(=C/c2ccc(-c3cccc(F)c3)o2)C1=O. The average Bonchev–Trinajstić information content (AvgIpc) is 3.01. The molecule has 1 aromatic carbocycles. The van der Waals surface area contributed by atoms with Crippen LogP contribution in [0.15, 0.2) is 45.7 Å². The first-order valence-electron chi connectivity index (χ1n) is 6.12. The fourth-order valence-electron chi connectivity index (χ4n) is 1.90. The number of hydrogen-bond donors (Lipinski definition) is 0. The maximum absolute atomic E-state index is 13.2. The summed E-state index contributed by atoms with van der Waals surface area (Å²) in [5.41, 5.74) is 0.609. The molecule has 2 aromatic rings. The van der Waals surface area contributed by atoms with Gasteiger partial charge in [-0.15, -0.1) is 0 Å². The molecule has 2 heterocycles. The van der Waals surface area contributed by atoms with Crippen molar-refractivity contribution in [3.05, 3.63) is 52.9 Å². The highest BCUT2D eigenvalue weighted by Crippen LogP contribution is 2.32. The number of furan rings is 1. The van der Waals surface area contributed by atoms with Gasteiger partial charge in [-0.3, -0.25) is 14.5 Å². The van der Waals surface area contributed by atoms with Gasteiger partial charge in [-0.2, -0.15) is 0 Å². The van der Waals surface area contributed by atoms with E-state index in [-0.39, 0.29) is 17.0 Å². The number of carbonyl (C=O) groups is 2. The summed E-state index contributed by atoms with van der Waals surface area (Å²) >= 11 is 0.863. The largest absolute Gasteiger partial charge is 0.457 e. The molecule has 0 radical (unpaired) electrons. The van der Waals surface area contributed by atoms with Gasteiger partial charge >= 0.3 is 0 Å². The van der Waals surface area contributed by atoms with Crippen LogP contribution in [-0.4, -0.2) is 23.1 Å². The van der Waals surface area contributed by atoms with Gasteiger partial charge in [0, 0.05) is 18.7 Å². The Balaban J connectivity index is 1.89. The van der Waals surface area contributed by atoms with Crippen molar-refractivity contribution in [2.45, 2.75) is 0 Å². The number of rotatable bonds is 2. The topological polar surface area (TPSA) is 50.5 Å². The summed E-state index contributed by atoms with van der Waals surface area (Å²) < 4.78 is 18.7. The van der Waals surface area contributed by atoms with E-state index in [1.165, 1.54) is 25.3 Å². The number of imide groups is 1. The number of halogens is 1. The molecule has 1 aliphatic heterocycles. The van der Waals surface area contributed by atoms with Gasteiger partial charge in [-0.25, -0.2) is 4.39 Å². The van der Waals surface area contributed by atoms with Crippen molar-refractivity contribution in [2.24, 2.45) is 0 Å². The van der Waals surface area contributed by atoms with Crippen molar-refractivity contribution in [3.8, 4) is 11.3 Å². The standard InChI is InChI=1S/C15H10FNO3S/c1-17-14(18)13(21-15(17)19)8-11-5-6-12(20-11)9-3-2-4-10(16)7-9/h2-8H,1H3/b13-8+. The van der Waals surface area contributed by atoms with Gasteiger partial charge in [0.1, 0.15) is 17.3 Å². The molecular weight excluding hydrogens is 293 g/mol. The number of hydrogen-bond acceptors (Lipinski definition) is 4. The van der Waals surface area contributed by atoms with Crippen LogP contribution in [0.4, 0.5) is 9.18 Å². The van der Waals surface area contributed by atoms with Gasteiger partial charge in [-0.1, -0.05) is 12.1 Å². The molecule has 21 heavy (non-hydrogen) atoms. The highest BCUT2D eigenvalue weighted by atomic mass is 32.2. The zero-order chi connectivity index (χ0) is 15.0. The Morgan fingerprint density at radius 3 is 2.71 bits per heavy atom. The van der Waals surface area contributed by atoms with Crippen molar-refractivity contribution in [2.75, 3.05) is 7.05 Å². The second kappa shape index (κ2) is 5.21. The highest BCUT2D eigenvalue weighted by Gasteiger charge is 2.32. The first-order chi connectivity index (χ1) is 10.0. The molecule has 0 unspecified atom stereocenters. The summed E-state index contributed by atoms with van der Waals surface area (Å²) in [7, 11) is 1.43. The molecule has 0 bridgehead atoms. The first kappa shape index (κ1) is 13.6. The Hall–Kier alpha value is -2.34. The lowest BCUT2D eigenvalue weighted by Gasteiger charge is -2.00. The van der Waals surface area contributed by atoms with Gasteiger partial charge in [-0.05, 0) is 36.0 Å². The van der Waals surface area contributed by atoms with E-state index >= 15 is 0 Å². The number of thioether (sulfide) groups is 1. The number of benzene rings is 1. The molecule has 4 nitrogen and oxygen atoms in total. The summed E-state index contributed by atoms with van der Waals surface area (Å²) in [4.78, 5) is 24.5. The molecule has 0 spiro atoms. The third kappa shape index (κ3) is 2.62. The molecule has 106 valence electrons. The third-order valence-corrected chi connectivity index (χ3v) is 3.96. The summed E-state index contributed by atoms with van der Waals surface area (Å²) in [5, 5.41) is -0.317. The highest BCUT2D eigenvalue weighted by molar-refractivity contribution is 8.18. The maximum atomic E-state index is 13.2. The van der Waals surface area contributed by atoms with Gasteiger partial charge < -0.3 is 4.42 Å². The predicted octanol–water partition coefficient (Wildman–Crippen LogP) is 3.75. The molecule has 1 saturated heterocycles. The van der Waals surface area contributed by atoms with Crippen LogP contribution in [0, 0.1) is 5.82 Å². The molecule has 1 aliphatic rings. The van der Waals surface area contributed by atoms with Crippen LogP contribution in [0.1, 0.15) is 5.76 Å². The third-order valence-electron chi connectivity index (χ3n) is 3.00. The van der Waals surface area contributed by atoms with Gasteiger partial charge in [0.2, 0.25) is 0 Å². The van der Waals surface area contributed by atoms with E-state index in [2.05, 4.69) is 0 Å². The zero-order valence-corrected chi connectivity index (χ0v) is 11.8. The van der Waals surface area contributed by atoms with Crippen LogP contribution in [0.25, 0.3) is 17.4 Å². The van der Waals surface area contributed by atoms with E-state index in [0.29, 0.717) is 22.0 Å². The Kier molecular flexibility index (Phi) is 3.39. The smallest absolute Gasteiger partial charge is 0.293 e. The number of carbonyl (C=O) groups excluding carboxylic acids is 2. The lowest BCUT2D eigenvalue weighted by molar-refractivity contribution is -0.121. The number of likely N-dealkylation sites (N-methyl/N-ethyl adjacent to an activating group) is 1. The number of amides is 2. The molecule has 0 atom stereocenters. The van der Waals surface area contributed by atoms with E-state index in [0.717, 1.165) is 16.7 Å². The van der Waals surface area contributed by atoms with Crippen molar-refractivity contribution in [1.82, 2.24) is 4.90 Å². The minimum absolute atomic E-state index is 0.308. The fraction of sp³-hybridized carbons (Fsp3) is 0.0667. The van der Waals surface area contributed by atoms with Crippen molar-refractivity contribution < 1.29 is 18.4 Å². The Morgan fingerprint density at radius 1 is 1.24 bits per heavy atom. The molecule has 0 saturated carbocycles. The summed E-state index contributed by atoms with van der Waals surface area (Å²) in [6.07, 6.45) is 1.51. The minimum atomic E-state index is -0.353. The summed E-state index contributed by atoms with van der Waals surface area (Å²) in [5.74, 6) is 0.232. The molecule has 6 heteroatoms. The van der Waals surface area contributed by atoms with Gasteiger partial charge in [0.25, 0.3) is 11.1 Å². The Morgan fingerprint density at radius 2 is 2.05 bits per heavy atom. The van der Waals surface area contributed by atoms with E-state index in [9.17, 15) is 14.0 Å². The van der Waals surface area contributed by atoms with Crippen LogP contribution in [0.2, 0.25) is 0 Å². The quantitative estimate of drug-likeness (QED) is 0.793. The van der Waals surface area contributed by atoms with Crippen LogP contribution in [0.5, 0.6) is 0 Å². The maximum Gasteiger partial charge on any atom is 0.293 e. The summed E-state index contributed by atoms with van der Waals surface area (Å²) in [6.45, 7) is 0. The fourth-order valence-corrected chi connectivity index (χ4v) is 2.71. The second-order valence-corrected chi connectivity index (χ2v) is 5.45. The molecule has 0 aliphatic carbocycles. The van der Waals surface area contributed by atoms with E-state index < -0.39 is 0 Å². The minimum Gasteiger partial charge on any atom is -0.457 e. The predicted molar refractivity (Wildman–Crippen MR) is 77.8 cm³/mol. The van der Waals surface area contributed by atoms with Crippen LogP contribution < -0.4 is 0 Å². The monoisotopic (exact) mass is 303 g/mol. The van der Waals surface area contributed by atoms with Crippen LogP contribution in [0.3, 0.4) is 0 Å². The van der Waals surface area contributed by atoms with Crippen molar-refractivity contribution in [3.63, 3.8) is 0 Å². The molecular formula is C15H10FNO3S. The molecule has 1 aromatic heterocycles. The zero-order valence-electron chi connectivity index (χ0n) is 11.0. The molecule has 2 amide bonds. The van der Waals surface area contributed by atoms with E-state index in [1.54, 1.807) is 24.3 Å². The van der Waals surface area contributed by atoms with E-state index in [4.69, 9.17) is 4.42 Å². The second-order valence-electron chi connectivity index (χ2n) is 4.45. The Labute approximate surface area is 124 Å². The van der Waals surface area contributed by atoms with Crippen LogP contribution in [-0.2, 0) is 4.79 Å². The summed E-state index contributed by atoms with van der Waals surface area (Å²) in [6, 6.07) is 9.40. The molecule has 1 fully saturated rings. The lowest BCUT2D eigenvalue weighted by Crippen LogP contribution is -2.22. The lowest BCUT2D eigenvalue weighted by atomic mass is 10.2. The van der Waals surface area contributed by atoms with Crippen LogP contribution >= 0.6 is 11.8 Å². The van der Waals surface area contributed by atoms with Gasteiger partial charge in [0.15, 0.2) is 0 Å². The molecule has 3 rings (SSSR count). The first-order valence-corrected chi connectivity index (χ1v) is 6.93. The van der Waals surface area contributed by atoms with Crippen molar-refractivity contribution in [1.29, 1.82) is 0 Å². The van der Waals surface area contributed by atoms with Gasteiger partial charge in [0.05, 0.1) is 4.91 Å². The Bertz CT molecular complexity index is 766. The normalized spacial score (nSPS) is 17.0. The average molecular weight is 303 g/mol. The molecule has 0 N–H and O–H groups in total. The van der Waals surface area contributed by atoms with E-state index in [1.807, 2.05) is 0 Å².